The first-order valence-corrected chi connectivity index (χ1v) is 6.33. The van der Waals surface area contributed by atoms with Crippen molar-refractivity contribution in [3.05, 3.63) is 23.8 Å². The number of aromatic hydroxyl groups is 1. The number of carboxylic acid groups (broad SMARTS) is 1. The van der Waals surface area contributed by atoms with Crippen molar-refractivity contribution >= 4 is 11.9 Å². The van der Waals surface area contributed by atoms with Crippen LogP contribution in [0.25, 0.3) is 0 Å². The Kier molecular flexibility index (Phi) is 5.83. The number of carbonyl (C=O) groups is 2. The zero-order chi connectivity index (χ0) is 15.1. The van der Waals surface area contributed by atoms with Crippen molar-refractivity contribution in [3.8, 4) is 11.5 Å². The molecule has 6 nitrogen and oxygen atoms in total. The van der Waals surface area contributed by atoms with E-state index in [0.29, 0.717) is 18.6 Å². The topological polar surface area (TPSA) is 95.9 Å². The standard InChI is InChI=1S/C14H19NO5/c1-9(4-3-5-13(17)18)15-14(19)11-7-6-10(20-2)8-12(11)16/h6-9,16H,3-5H2,1-2H3,(H,15,19)(H,17,18). The molecular weight excluding hydrogens is 262 g/mol. The molecule has 0 saturated heterocycles. The van der Waals surface area contributed by atoms with E-state index in [9.17, 15) is 14.7 Å². The molecule has 1 rings (SSSR count). The number of benzene rings is 1. The van der Waals surface area contributed by atoms with Crippen molar-refractivity contribution in [2.45, 2.75) is 32.2 Å². The average molecular weight is 281 g/mol. The van der Waals surface area contributed by atoms with Crippen LogP contribution < -0.4 is 10.1 Å². The van der Waals surface area contributed by atoms with Crippen LogP contribution in [-0.2, 0) is 4.79 Å². The minimum absolute atomic E-state index is 0.0774. The first-order chi connectivity index (χ1) is 9.43. The van der Waals surface area contributed by atoms with E-state index in [1.54, 1.807) is 13.0 Å². The molecule has 0 saturated carbocycles. The second-order valence-corrected chi connectivity index (χ2v) is 4.54. The summed E-state index contributed by atoms with van der Waals surface area (Å²) in [6.07, 6.45) is 1.13. The van der Waals surface area contributed by atoms with Crippen LogP contribution in [0.1, 0.15) is 36.5 Å². The van der Waals surface area contributed by atoms with Gasteiger partial charge in [0, 0.05) is 18.5 Å². The van der Waals surface area contributed by atoms with E-state index in [1.807, 2.05) is 0 Å². The van der Waals surface area contributed by atoms with E-state index in [0.717, 1.165) is 0 Å². The second-order valence-electron chi connectivity index (χ2n) is 4.54. The highest BCUT2D eigenvalue weighted by atomic mass is 16.5. The molecule has 1 aromatic carbocycles. The van der Waals surface area contributed by atoms with Gasteiger partial charge in [-0.15, -0.1) is 0 Å². The summed E-state index contributed by atoms with van der Waals surface area (Å²) in [5.41, 5.74) is 0.163. The minimum Gasteiger partial charge on any atom is -0.507 e. The van der Waals surface area contributed by atoms with Gasteiger partial charge in [-0.3, -0.25) is 9.59 Å². The smallest absolute Gasteiger partial charge is 0.303 e. The Bertz CT molecular complexity index is 486. The van der Waals surface area contributed by atoms with Crippen LogP contribution >= 0.6 is 0 Å². The number of rotatable bonds is 7. The Balaban J connectivity index is 2.55. The zero-order valence-corrected chi connectivity index (χ0v) is 11.5. The molecule has 0 bridgehead atoms. The lowest BCUT2D eigenvalue weighted by molar-refractivity contribution is -0.137. The van der Waals surface area contributed by atoms with E-state index in [2.05, 4.69) is 5.32 Å². The number of carboxylic acids is 1. The maximum absolute atomic E-state index is 11.9. The van der Waals surface area contributed by atoms with Gasteiger partial charge in [0.05, 0.1) is 12.7 Å². The second kappa shape index (κ2) is 7.37. The summed E-state index contributed by atoms with van der Waals surface area (Å²) in [5.74, 6) is -0.933. The molecule has 1 amide bonds. The number of carbonyl (C=O) groups excluding carboxylic acids is 1. The number of methoxy groups -OCH3 is 1. The highest BCUT2D eigenvalue weighted by Gasteiger charge is 2.14. The summed E-state index contributed by atoms with van der Waals surface area (Å²) in [7, 11) is 1.47. The molecule has 0 heterocycles. The van der Waals surface area contributed by atoms with E-state index >= 15 is 0 Å². The van der Waals surface area contributed by atoms with Crippen molar-refractivity contribution in [2.24, 2.45) is 0 Å². The summed E-state index contributed by atoms with van der Waals surface area (Å²) < 4.78 is 4.94. The summed E-state index contributed by atoms with van der Waals surface area (Å²) in [6.45, 7) is 1.79. The quantitative estimate of drug-likeness (QED) is 0.708. The molecule has 0 aromatic heterocycles. The predicted molar refractivity (Wildman–Crippen MR) is 73.1 cm³/mol. The summed E-state index contributed by atoms with van der Waals surface area (Å²) >= 11 is 0. The molecule has 1 unspecified atom stereocenters. The van der Waals surface area contributed by atoms with E-state index < -0.39 is 11.9 Å². The highest BCUT2D eigenvalue weighted by molar-refractivity contribution is 5.97. The number of phenolic OH excluding ortho intramolecular Hbond substituents is 1. The van der Waals surface area contributed by atoms with Crippen LogP contribution in [0.2, 0.25) is 0 Å². The van der Waals surface area contributed by atoms with Gasteiger partial charge >= 0.3 is 5.97 Å². The van der Waals surface area contributed by atoms with Gasteiger partial charge in [0.25, 0.3) is 5.91 Å². The Labute approximate surface area is 117 Å². The number of nitrogens with one attached hydrogen (secondary N) is 1. The average Bonchev–Trinajstić information content (AvgIpc) is 2.37. The third kappa shape index (κ3) is 4.79. The Morgan fingerprint density at radius 3 is 2.65 bits per heavy atom. The number of ether oxygens (including phenoxy) is 1. The third-order valence-corrected chi connectivity index (χ3v) is 2.85. The minimum atomic E-state index is -0.851. The first kappa shape index (κ1) is 15.8. The van der Waals surface area contributed by atoms with Crippen molar-refractivity contribution in [3.63, 3.8) is 0 Å². The van der Waals surface area contributed by atoms with Crippen molar-refractivity contribution < 1.29 is 24.5 Å². The molecule has 0 spiro atoms. The maximum atomic E-state index is 11.9. The molecule has 6 heteroatoms. The van der Waals surface area contributed by atoms with E-state index in [4.69, 9.17) is 9.84 Å². The van der Waals surface area contributed by atoms with Crippen LogP contribution in [0.15, 0.2) is 18.2 Å². The number of amides is 1. The fraction of sp³-hybridized carbons (Fsp3) is 0.429. The molecule has 0 aliphatic carbocycles. The fourth-order valence-electron chi connectivity index (χ4n) is 1.76. The molecule has 0 fully saturated rings. The fourth-order valence-corrected chi connectivity index (χ4v) is 1.76. The van der Waals surface area contributed by atoms with Gasteiger partial charge in [-0.2, -0.15) is 0 Å². The van der Waals surface area contributed by atoms with Crippen molar-refractivity contribution in [1.82, 2.24) is 5.32 Å². The van der Waals surface area contributed by atoms with Gasteiger partial charge in [0.1, 0.15) is 11.5 Å². The van der Waals surface area contributed by atoms with Crippen molar-refractivity contribution in [2.75, 3.05) is 7.11 Å². The summed E-state index contributed by atoms with van der Waals surface area (Å²) in [4.78, 5) is 22.3. The number of aliphatic carboxylic acids is 1. The van der Waals surface area contributed by atoms with Crippen LogP contribution in [0.5, 0.6) is 11.5 Å². The molecular formula is C14H19NO5. The molecule has 3 N–H and O–H groups in total. The van der Waals surface area contributed by atoms with Crippen LogP contribution in [0.3, 0.4) is 0 Å². The molecule has 1 atom stereocenters. The van der Waals surface area contributed by atoms with Crippen LogP contribution in [-0.4, -0.2) is 35.2 Å². The number of hydrogen-bond donors (Lipinski definition) is 3. The van der Waals surface area contributed by atoms with Crippen LogP contribution in [0.4, 0.5) is 0 Å². The van der Waals surface area contributed by atoms with E-state index in [-0.39, 0.29) is 23.8 Å². The molecule has 20 heavy (non-hydrogen) atoms. The largest absolute Gasteiger partial charge is 0.507 e. The lowest BCUT2D eigenvalue weighted by Gasteiger charge is -2.14. The Hall–Kier alpha value is -2.24. The monoisotopic (exact) mass is 281 g/mol. The van der Waals surface area contributed by atoms with Crippen molar-refractivity contribution in [1.29, 1.82) is 0 Å². The highest BCUT2D eigenvalue weighted by Crippen LogP contribution is 2.23. The molecule has 1 aromatic rings. The number of phenols is 1. The van der Waals surface area contributed by atoms with Gasteiger partial charge in [-0.1, -0.05) is 0 Å². The molecule has 110 valence electrons. The SMILES string of the molecule is COc1ccc(C(=O)NC(C)CCCC(=O)O)c(O)c1. The lowest BCUT2D eigenvalue weighted by Crippen LogP contribution is -2.32. The first-order valence-electron chi connectivity index (χ1n) is 6.33. The van der Waals surface area contributed by atoms with E-state index in [1.165, 1.54) is 19.2 Å². The maximum Gasteiger partial charge on any atom is 0.303 e. The number of hydrogen-bond acceptors (Lipinski definition) is 4. The summed E-state index contributed by atoms with van der Waals surface area (Å²) in [6, 6.07) is 4.27. The molecule has 0 aliphatic heterocycles. The lowest BCUT2D eigenvalue weighted by atomic mass is 10.1. The normalized spacial score (nSPS) is 11.7. The summed E-state index contributed by atoms with van der Waals surface area (Å²) in [5, 5.41) is 21.0. The van der Waals surface area contributed by atoms with Gasteiger partial charge in [-0.25, -0.2) is 0 Å². The predicted octanol–water partition coefficient (Wildman–Crippen LogP) is 1.77. The molecule has 0 aliphatic rings. The Morgan fingerprint density at radius 1 is 1.40 bits per heavy atom. The Morgan fingerprint density at radius 2 is 2.10 bits per heavy atom. The zero-order valence-electron chi connectivity index (χ0n) is 11.5. The van der Waals surface area contributed by atoms with Gasteiger partial charge in [-0.05, 0) is 31.9 Å². The molecule has 0 radical (unpaired) electrons. The van der Waals surface area contributed by atoms with Gasteiger partial charge < -0.3 is 20.3 Å². The van der Waals surface area contributed by atoms with Crippen LogP contribution in [0, 0.1) is 0 Å². The third-order valence-electron chi connectivity index (χ3n) is 2.85. The van der Waals surface area contributed by atoms with Gasteiger partial charge in [0.2, 0.25) is 0 Å². The van der Waals surface area contributed by atoms with Gasteiger partial charge in [0.15, 0.2) is 0 Å².